The second-order valence-corrected chi connectivity index (χ2v) is 9.16. The number of carbonyl (C=O) groups excluding carboxylic acids is 3. The minimum Gasteiger partial charge on any atom is -0.460 e. The fourth-order valence-electron chi connectivity index (χ4n) is 4.01. The number of hydrogen-bond acceptors (Lipinski definition) is 6. The molecule has 2 amide bonds. The van der Waals surface area contributed by atoms with Gasteiger partial charge in [0.15, 0.2) is 0 Å². The van der Waals surface area contributed by atoms with Gasteiger partial charge >= 0.3 is 12.1 Å². The first-order chi connectivity index (χ1) is 16.2. The fraction of sp³-hybridized carbons (Fsp3) is 0.423. The molecule has 0 aromatic heterocycles. The van der Waals surface area contributed by atoms with E-state index in [0.29, 0.717) is 0 Å². The van der Waals surface area contributed by atoms with Crippen molar-refractivity contribution in [2.75, 3.05) is 19.8 Å². The number of ether oxygens (including phenoxy) is 2. The molecule has 0 unspecified atom stereocenters. The van der Waals surface area contributed by atoms with Crippen LogP contribution in [-0.4, -0.2) is 54.5 Å². The summed E-state index contributed by atoms with van der Waals surface area (Å²) in [5, 5.41) is 14.1. The number of nitrogens with one attached hydrogen (secondary N) is 2. The van der Waals surface area contributed by atoms with Gasteiger partial charge in [-0.1, -0.05) is 48.5 Å². The van der Waals surface area contributed by atoms with Gasteiger partial charge in [-0.15, -0.1) is 0 Å². The van der Waals surface area contributed by atoms with E-state index in [1.54, 1.807) is 20.8 Å². The molecule has 3 N–H and O–H groups in total. The van der Waals surface area contributed by atoms with Gasteiger partial charge in [0.05, 0.1) is 6.61 Å². The van der Waals surface area contributed by atoms with Crippen LogP contribution in [0.3, 0.4) is 0 Å². The second kappa shape index (κ2) is 11.2. The zero-order chi connectivity index (χ0) is 24.7. The smallest absolute Gasteiger partial charge is 0.407 e. The van der Waals surface area contributed by atoms with Gasteiger partial charge in [0.1, 0.15) is 18.2 Å². The van der Waals surface area contributed by atoms with E-state index in [1.165, 1.54) is 0 Å². The third kappa shape index (κ3) is 6.57. The Morgan fingerprint density at radius 2 is 1.59 bits per heavy atom. The van der Waals surface area contributed by atoms with E-state index >= 15 is 0 Å². The number of fused-ring (bicyclic) bond motifs is 3. The summed E-state index contributed by atoms with van der Waals surface area (Å²) in [7, 11) is 0. The number of benzene rings is 2. The molecule has 0 heterocycles. The van der Waals surface area contributed by atoms with Gasteiger partial charge in [0, 0.05) is 18.9 Å². The molecule has 182 valence electrons. The standard InChI is InChI=1S/C26H32N2O6/c1-26(2,3)34-23(30)13-12-22(24(31)27-14-15-29)28-25(32)33-16-21-19-10-6-4-8-17(19)18-9-5-7-11-20(18)21/h4-11,21-22,29H,12-16H2,1-3H3,(H,27,31)(H,28,32)/t22-/m0/s1. The lowest BCUT2D eigenvalue weighted by molar-refractivity contribution is -0.155. The highest BCUT2D eigenvalue weighted by molar-refractivity contribution is 5.86. The molecule has 0 fully saturated rings. The van der Waals surface area contributed by atoms with Crippen molar-refractivity contribution in [1.29, 1.82) is 0 Å². The SMILES string of the molecule is CC(C)(C)OC(=O)CC[C@H](NC(=O)OCC1c2ccccc2-c2ccccc21)C(=O)NCCO. The normalized spacial score (nSPS) is 13.4. The predicted octanol–water partition coefficient (Wildman–Crippen LogP) is 3.12. The number of alkyl carbamates (subject to hydrolysis) is 1. The van der Waals surface area contributed by atoms with Crippen LogP contribution in [0.2, 0.25) is 0 Å². The van der Waals surface area contributed by atoms with Gasteiger partial charge in [0.2, 0.25) is 5.91 Å². The van der Waals surface area contributed by atoms with Gasteiger partial charge in [0.25, 0.3) is 0 Å². The lowest BCUT2D eigenvalue weighted by Gasteiger charge is -2.22. The largest absolute Gasteiger partial charge is 0.460 e. The molecule has 0 spiro atoms. The highest BCUT2D eigenvalue weighted by atomic mass is 16.6. The Kier molecular flexibility index (Phi) is 8.28. The molecule has 34 heavy (non-hydrogen) atoms. The molecule has 1 aliphatic carbocycles. The maximum absolute atomic E-state index is 12.6. The molecule has 0 bridgehead atoms. The van der Waals surface area contributed by atoms with Gasteiger partial charge in [-0.25, -0.2) is 4.79 Å². The van der Waals surface area contributed by atoms with Crippen LogP contribution in [0.4, 0.5) is 4.79 Å². The van der Waals surface area contributed by atoms with Crippen molar-refractivity contribution < 1.29 is 29.0 Å². The van der Waals surface area contributed by atoms with E-state index in [9.17, 15) is 14.4 Å². The molecule has 2 aromatic carbocycles. The number of rotatable bonds is 9. The molecule has 8 nitrogen and oxygen atoms in total. The molecule has 2 aromatic rings. The molecular formula is C26H32N2O6. The summed E-state index contributed by atoms with van der Waals surface area (Å²) in [5.41, 5.74) is 3.75. The molecular weight excluding hydrogens is 436 g/mol. The van der Waals surface area contributed by atoms with Crippen LogP contribution in [0.1, 0.15) is 50.7 Å². The van der Waals surface area contributed by atoms with Crippen LogP contribution in [0.25, 0.3) is 11.1 Å². The number of esters is 1. The highest BCUT2D eigenvalue weighted by Gasteiger charge is 2.30. The monoisotopic (exact) mass is 468 g/mol. The minimum absolute atomic E-state index is 0.0359. The molecule has 0 saturated heterocycles. The third-order valence-corrected chi connectivity index (χ3v) is 5.42. The average molecular weight is 469 g/mol. The van der Waals surface area contributed by atoms with Crippen molar-refractivity contribution in [3.63, 3.8) is 0 Å². The van der Waals surface area contributed by atoms with Crippen LogP contribution in [0.15, 0.2) is 48.5 Å². The first-order valence-corrected chi connectivity index (χ1v) is 11.4. The molecule has 1 atom stereocenters. The summed E-state index contributed by atoms with van der Waals surface area (Å²) in [6, 6.07) is 15.0. The van der Waals surface area contributed by atoms with Crippen LogP contribution >= 0.6 is 0 Å². The van der Waals surface area contributed by atoms with Crippen molar-refractivity contribution in [3.8, 4) is 11.1 Å². The third-order valence-electron chi connectivity index (χ3n) is 5.42. The van der Waals surface area contributed by atoms with Crippen molar-refractivity contribution in [2.45, 2.75) is 51.2 Å². The van der Waals surface area contributed by atoms with Crippen LogP contribution in [-0.2, 0) is 19.1 Å². The summed E-state index contributed by atoms with van der Waals surface area (Å²) in [5.74, 6) is -1.09. The van der Waals surface area contributed by atoms with Crippen molar-refractivity contribution in [1.82, 2.24) is 10.6 Å². The Balaban J connectivity index is 1.63. The number of hydrogen-bond donors (Lipinski definition) is 3. The van der Waals surface area contributed by atoms with Crippen LogP contribution in [0, 0.1) is 0 Å². The van der Waals surface area contributed by atoms with Gasteiger partial charge in [-0.3, -0.25) is 9.59 Å². The quantitative estimate of drug-likeness (QED) is 0.487. The van der Waals surface area contributed by atoms with Crippen molar-refractivity contribution in [2.24, 2.45) is 0 Å². The van der Waals surface area contributed by atoms with E-state index in [-0.39, 0.29) is 38.5 Å². The lowest BCUT2D eigenvalue weighted by atomic mass is 9.98. The van der Waals surface area contributed by atoms with E-state index in [4.69, 9.17) is 14.6 Å². The van der Waals surface area contributed by atoms with Gasteiger partial charge in [-0.05, 0) is 49.4 Å². The first kappa shape index (κ1) is 25.2. The van der Waals surface area contributed by atoms with Crippen LogP contribution in [0.5, 0.6) is 0 Å². The first-order valence-electron chi connectivity index (χ1n) is 11.4. The Hall–Kier alpha value is -3.39. The van der Waals surface area contributed by atoms with Crippen LogP contribution < -0.4 is 10.6 Å². The lowest BCUT2D eigenvalue weighted by Crippen LogP contribution is -2.48. The maximum Gasteiger partial charge on any atom is 0.407 e. The average Bonchev–Trinajstić information content (AvgIpc) is 3.11. The Morgan fingerprint density at radius 1 is 1.00 bits per heavy atom. The second-order valence-electron chi connectivity index (χ2n) is 9.16. The molecule has 0 saturated carbocycles. The number of carbonyl (C=O) groups is 3. The summed E-state index contributed by atoms with van der Waals surface area (Å²) in [4.78, 5) is 37.2. The topological polar surface area (TPSA) is 114 Å². The summed E-state index contributed by atoms with van der Waals surface area (Å²) < 4.78 is 10.8. The molecule has 0 aliphatic heterocycles. The number of aliphatic hydroxyl groups is 1. The van der Waals surface area contributed by atoms with Gasteiger partial charge < -0.3 is 25.2 Å². The molecule has 8 heteroatoms. The number of amides is 2. The molecule has 0 radical (unpaired) electrons. The Morgan fingerprint density at radius 3 is 2.15 bits per heavy atom. The van der Waals surface area contributed by atoms with Crippen molar-refractivity contribution in [3.05, 3.63) is 59.7 Å². The minimum atomic E-state index is -1.00. The fourth-order valence-corrected chi connectivity index (χ4v) is 4.01. The maximum atomic E-state index is 12.6. The zero-order valence-corrected chi connectivity index (χ0v) is 19.8. The van der Waals surface area contributed by atoms with E-state index in [0.717, 1.165) is 22.3 Å². The van der Waals surface area contributed by atoms with Crippen molar-refractivity contribution >= 4 is 18.0 Å². The predicted molar refractivity (Wildman–Crippen MR) is 127 cm³/mol. The van der Waals surface area contributed by atoms with E-state index in [2.05, 4.69) is 10.6 Å². The van der Waals surface area contributed by atoms with E-state index < -0.39 is 29.6 Å². The molecule has 3 rings (SSSR count). The Bertz CT molecular complexity index is 984. The summed E-state index contributed by atoms with van der Waals surface area (Å²) >= 11 is 0. The Labute approximate surface area is 199 Å². The summed E-state index contributed by atoms with van der Waals surface area (Å²) in [6.07, 6.45) is -0.774. The van der Waals surface area contributed by atoms with Gasteiger partial charge in [-0.2, -0.15) is 0 Å². The number of aliphatic hydroxyl groups excluding tert-OH is 1. The zero-order valence-electron chi connectivity index (χ0n) is 19.8. The summed E-state index contributed by atoms with van der Waals surface area (Å²) in [6.45, 7) is 5.17. The highest BCUT2D eigenvalue weighted by Crippen LogP contribution is 2.44. The molecule has 1 aliphatic rings. The van der Waals surface area contributed by atoms with E-state index in [1.807, 2.05) is 48.5 Å².